The van der Waals surface area contributed by atoms with Gasteiger partial charge in [0.1, 0.15) is 0 Å². The normalized spacial score (nSPS) is 11.6. The second kappa shape index (κ2) is 8.33. The number of anilines is 1. The zero-order valence-electron chi connectivity index (χ0n) is 14.9. The Bertz CT molecular complexity index is 754. The standard InChI is InChI=1S/C20H25N3O2/c1-4-15-8-10-16(11-9-15)14(3)23-18(24)12-22-17-7-5-6-13(2)19(17)20(21)25/h5-11,14,22H,4,12H2,1-3H3,(H2,21,25)(H,23,24). The monoisotopic (exact) mass is 339 g/mol. The molecule has 2 aromatic rings. The third-order valence-electron chi connectivity index (χ3n) is 4.22. The second-order valence-corrected chi connectivity index (χ2v) is 6.10. The maximum absolute atomic E-state index is 12.2. The molecular weight excluding hydrogens is 314 g/mol. The Morgan fingerprint density at radius 3 is 2.40 bits per heavy atom. The van der Waals surface area contributed by atoms with Crippen molar-refractivity contribution in [2.45, 2.75) is 33.2 Å². The van der Waals surface area contributed by atoms with Gasteiger partial charge in [0, 0.05) is 5.69 Å². The SMILES string of the molecule is CCc1ccc(C(C)NC(=O)CNc2cccc(C)c2C(N)=O)cc1. The van der Waals surface area contributed by atoms with E-state index in [1.165, 1.54) is 5.56 Å². The molecule has 0 fully saturated rings. The molecule has 0 saturated carbocycles. The maximum Gasteiger partial charge on any atom is 0.251 e. The number of nitrogens with two attached hydrogens (primary N) is 1. The molecule has 25 heavy (non-hydrogen) atoms. The summed E-state index contributed by atoms with van der Waals surface area (Å²) in [4.78, 5) is 23.8. The highest BCUT2D eigenvalue weighted by Crippen LogP contribution is 2.19. The number of hydrogen-bond acceptors (Lipinski definition) is 3. The predicted octanol–water partition coefficient (Wildman–Crippen LogP) is 2.95. The summed E-state index contributed by atoms with van der Waals surface area (Å²) in [5, 5.41) is 5.95. The summed E-state index contributed by atoms with van der Waals surface area (Å²) in [6, 6.07) is 13.5. The first-order chi connectivity index (χ1) is 11.9. The van der Waals surface area contributed by atoms with E-state index in [1.54, 1.807) is 6.07 Å². The van der Waals surface area contributed by atoms with Crippen molar-refractivity contribution in [2.75, 3.05) is 11.9 Å². The minimum absolute atomic E-state index is 0.0706. The van der Waals surface area contributed by atoms with E-state index in [0.29, 0.717) is 11.3 Å². The van der Waals surface area contributed by atoms with Gasteiger partial charge >= 0.3 is 0 Å². The van der Waals surface area contributed by atoms with Gasteiger partial charge in [0.05, 0.1) is 18.2 Å². The summed E-state index contributed by atoms with van der Waals surface area (Å²) < 4.78 is 0. The molecular formula is C20H25N3O2. The van der Waals surface area contributed by atoms with Crippen LogP contribution in [0.2, 0.25) is 0 Å². The van der Waals surface area contributed by atoms with Crippen LogP contribution in [-0.4, -0.2) is 18.4 Å². The quantitative estimate of drug-likeness (QED) is 0.725. The van der Waals surface area contributed by atoms with Crippen LogP contribution < -0.4 is 16.4 Å². The van der Waals surface area contributed by atoms with Crippen LogP contribution in [0.1, 0.15) is 46.9 Å². The molecule has 0 bridgehead atoms. The minimum atomic E-state index is -0.509. The molecule has 0 radical (unpaired) electrons. The molecule has 132 valence electrons. The lowest BCUT2D eigenvalue weighted by Crippen LogP contribution is -2.32. The summed E-state index contributed by atoms with van der Waals surface area (Å²) >= 11 is 0. The molecule has 2 amide bonds. The molecule has 0 aliphatic heterocycles. The van der Waals surface area contributed by atoms with E-state index in [1.807, 2.05) is 38.1 Å². The Kier molecular flexibility index (Phi) is 6.17. The Morgan fingerprint density at radius 2 is 1.80 bits per heavy atom. The number of carbonyl (C=O) groups excluding carboxylic acids is 2. The molecule has 0 spiro atoms. The number of amides is 2. The third-order valence-corrected chi connectivity index (χ3v) is 4.22. The Hall–Kier alpha value is -2.82. The van der Waals surface area contributed by atoms with Crippen LogP contribution in [0.25, 0.3) is 0 Å². The minimum Gasteiger partial charge on any atom is -0.376 e. The summed E-state index contributed by atoms with van der Waals surface area (Å²) in [5.41, 5.74) is 9.51. The van der Waals surface area contributed by atoms with Crippen molar-refractivity contribution in [1.82, 2.24) is 5.32 Å². The fourth-order valence-corrected chi connectivity index (χ4v) is 2.74. The zero-order chi connectivity index (χ0) is 18.4. The number of rotatable bonds is 7. The van der Waals surface area contributed by atoms with Crippen LogP contribution in [-0.2, 0) is 11.2 Å². The number of hydrogen-bond donors (Lipinski definition) is 3. The van der Waals surface area contributed by atoms with Gasteiger partial charge in [-0.25, -0.2) is 0 Å². The topological polar surface area (TPSA) is 84.2 Å². The average Bonchev–Trinajstić information content (AvgIpc) is 2.59. The molecule has 5 nitrogen and oxygen atoms in total. The molecule has 0 aliphatic carbocycles. The molecule has 1 unspecified atom stereocenters. The number of nitrogens with one attached hydrogen (secondary N) is 2. The number of benzene rings is 2. The maximum atomic E-state index is 12.2. The lowest BCUT2D eigenvalue weighted by atomic mass is 10.0. The van der Waals surface area contributed by atoms with E-state index in [9.17, 15) is 9.59 Å². The van der Waals surface area contributed by atoms with Crippen molar-refractivity contribution in [2.24, 2.45) is 5.73 Å². The van der Waals surface area contributed by atoms with Crippen molar-refractivity contribution in [3.63, 3.8) is 0 Å². The third kappa shape index (κ3) is 4.83. The van der Waals surface area contributed by atoms with Crippen LogP contribution in [0.3, 0.4) is 0 Å². The smallest absolute Gasteiger partial charge is 0.251 e. The van der Waals surface area contributed by atoms with Crippen LogP contribution in [0.4, 0.5) is 5.69 Å². The van der Waals surface area contributed by atoms with Crippen molar-refractivity contribution in [1.29, 1.82) is 0 Å². The number of aryl methyl sites for hydroxylation is 2. The fourth-order valence-electron chi connectivity index (χ4n) is 2.74. The van der Waals surface area contributed by atoms with Crippen molar-refractivity contribution in [3.05, 3.63) is 64.7 Å². The molecule has 0 aromatic heterocycles. The molecule has 4 N–H and O–H groups in total. The van der Waals surface area contributed by atoms with Gasteiger partial charge in [0.15, 0.2) is 0 Å². The van der Waals surface area contributed by atoms with Gasteiger partial charge in [-0.05, 0) is 43.0 Å². The zero-order valence-corrected chi connectivity index (χ0v) is 14.9. The predicted molar refractivity (Wildman–Crippen MR) is 101 cm³/mol. The lowest BCUT2D eigenvalue weighted by molar-refractivity contribution is -0.120. The largest absolute Gasteiger partial charge is 0.376 e. The van der Waals surface area contributed by atoms with Gasteiger partial charge in [-0.1, -0.05) is 43.3 Å². The second-order valence-electron chi connectivity index (χ2n) is 6.10. The Morgan fingerprint density at radius 1 is 1.12 bits per heavy atom. The van der Waals surface area contributed by atoms with Crippen LogP contribution in [0, 0.1) is 6.92 Å². The van der Waals surface area contributed by atoms with E-state index in [4.69, 9.17) is 5.73 Å². The molecule has 0 saturated heterocycles. The van der Waals surface area contributed by atoms with Gasteiger partial charge in [-0.15, -0.1) is 0 Å². The number of carbonyl (C=O) groups is 2. The summed E-state index contributed by atoms with van der Waals surface area (Å²) in [6.07, 6.45) is 0.990. The van der Waals surface area contributed by atoms with Crippen LogP contribution in [0.5, 0.6) is 0 Å². The molecule has 5 heteroatoms. The Balaban J connectivity index is 1.96. The van der Waals surface area contributed by atoms with Gasteiger partial charge in [-0.3, -0.25) is 9.59 Å². The molecule has 2 aromatic carbocycles. The van der Waals surface area contributed by atoms with Crippen molar-refractivity contribution in [3.8, 4) is 0 Å². The average molecular weight is 339 g/mol. The van der Waals surface area contributed by atoms with Crippen LogP contribution in [0.15, 0.2) is 42.5 Å². The van der Waals surface area contributed by atoms with E-state index in [0.717, 1.165) is 17.5 Å². The van der Waals surface area contributed by atoms with Gasteiger partial charge < -0.3 is 16.4 Å². The first kappa shape index (κ1) is 18.5. The van der Waals surface area contributed by atoms with Crippen molar-refractivity contribution >= 4 is 17.5 Å². The van der Waals surface area contributed by atoms with Gasteiger partial charge in [0.2, 0.25) is 5.91 Å². The lowest BCUT2D eigenvalue weighted by Gasteiger charge is -2.16. The van der Waals surface area contributed by atoms with Gasteiger partial charge in [-0.2, -0.15) is 0 Å². The first-order valence-corrected chi connectivity index (χ1v) is 8.43. The summed E-state index contributed by atoms with van der Waals surface area (Å²) in [5.74, 6) is -0.658. The highest BCUT2D eigenvalue weighted by atomic mass is 16.2. The molecule has 1 atom stereocenters. The molecule has 0 aliphatic rings. The van der Waals surface area contributed by atoms with Crippen molar-refractivity contribution < 1.29 is 9.59 Å². The number of primary amides is 1. The van der Waals surface area contributed by atoms with Gasteiger partial charge in [0.25, 0.3) is 5.91 Å². The highest BCUT2D eigenvalue weighted by Gasteiger charge is 2.13. The van der Waals surface area contributed by atoms with E-state index in [-0.39, 0.29) is 18.5 Å². The highest BCUT2D eigenvalue weighted by molar-refractivity contribution is 6.00. The molecule has 2 rings (SSSR count). The van der Waals surface area contributed by atoms with E-state index in [2.05, 4.69) is 29.7 Å². The fraction of sp³-hybridized carbons (Fsp3) is 0.300. The van der Waals surface area contributed by atoms with E-state index < -0.39 is 5.91 Å². The first-order valence-electron chi connectivity index (χ1n) is 8.43. The van der Waals surface area contributed by atoms with E-state index >= 15 is 0 Å². The molecule has 0 heterocycles. The summed E-state index contributed by atoms with van der Waals surface area (Å²) in [6.45, 7) is 5.94. The summed E-state index contributed by atoms with van der Waals surface area (Å²) in [7, 11) is 0. The Labute approximate surface area is 148 Å². The van der Waals surface area contributed by atoms with Crippen LogP contribution >= 0.6 is 0 Å².